The Morgan fingerprint density at radius 2 is 1.58 bits per heavy atom. The molecular weight excluding hydrogens is 326 g/mol. The predicted octanol–water partition coefficient (Wildman–Crippen LogP) is 2.51. The molecule has 2 fully saturated rings. The van der Waals surface area contributed by atoms with E-state index in [9.17, 15) is 9.59 Å². The van der Waals surface area contributed by atoms with Crippen molar-refractivity contribution in [1.82, 2.24) is 14.7 Å². The average Bonchev–Trinajstić information content (AvgIpc) is 2.69. The summed E-state index contributed by atoms with van der Waals surface area (Å²) in [5.41, 5.74) is 1.27. The van der Waals surface area contributed by atoms with E-state index in [1.54, 1.807) is 6.92 Å². The van der Waals surface area contributed by atoms with Crippen LogP contribution in [-0.4, -0.2) is 65.3 Å². The maximum atomic E-state index is 12.9. The molecule has 2 amide bonds. The Morgan fingerprint density at radius 3 is 2.19 bits per heavy atom. The molecule has 26 heavy (non-hydrogen) atoms. The fourth-order valence-electron chi connectivity index (χ4n) is 4.12. The van der Waals surface area contributed by atoms with Crippen molar-refractivity contribution in [3.8, 4) is 0 Å². The molecule has 0 N–H and O–H groups in total. The summed E-state index contributed by atoms with van der Waals surface area (Å²) >= 11 is 0. The largest absolute Gasteiger partial charge is 0.339 e. The zero-order valence-electron chi connectivity index (χ0n) is 15.9. The van der Waals surface area contributed by atoms with Crippen LogP contribution in [-0.2, 0) is 16.1 Å². The first-order chi connectivity index (χ1) is 12.6. The molecule has 0 unspecified atom stereocenters. The second kappa shape index (κ2) is 9.17. The summed E-state index contributed by atoms with van der Waals surface area (Å²) in [7, 11) is 0. The Labute approximate surface area is 156 Å². The number of amides is 2. The Hall–Kier alpha value is -1.88. The van der Waals surface area contributed by atoms with Crippen LogP contribution in [0.4, 0.5) is 0 Å². The molecule has 5 heteroatoms. The van der Waals surface area contributed by atoms with Gasteiger partial charge in [0.05, 0.1) is 6.54 Å². The molecule has 1 saturated carbocycles. The topological polar surface area (TPSA) is 43.9 Å². The van der Waals surface area contributed by atoms with E-state index < -0.39 is 0 Å². The lowest BCUT2D eigenvalue weighted by atomic mass is 9.93. The summed E-state index contributed by atoms with van der Waals surface area (Å²) in [6, 6.07) is 11.0. The average molecular weight is 357 g/mol. The number of hydrogen-bond acceptors (Lipinski definition) is 3. The Morgan fingerprint density at radius 1 is 0.962 bits per heavy atom. The Kier molecular flexibility index (Phi) is 6.67. The van der Waals surface area contributed by atoms with E-state index >= 15 is 0 Å². The second-order valence-electron chi connectivity index (χ2n) is 7.57. The van der Waals surface area contributed by atoms with Gasteiger partial charge in [-0.2, -0.15) is 0 Å². The molecule has 5 nitrogen and oxygen atoms in total. The van der Waals surface area contributed by atoms with Gasteiger partial charge in [0.15, 0.2) is 0 Å². The fraction of sp³-hybridized carbons (Fsp3) is 0.619. The van der Waals surface area contributed by atoms with Crippen molar-refractivity contribution < 1.29 is 9.59 Å². The van der Waals surface area contributed by atoms with Crippen LogP contribution in [0.15, 0.2) is 30.3 Å². The number of carbonyl (C=O) groups is 2. The highest BCUT2D eigenvalue weighted by Crippen LogP contribution is 2.24. The van der Waals surface area contributed by atoms with Gasteiger partial charge in [0.1, 0.15) is 0 Å². The second-order valence-corrected chi connectivity index (χ2v) is 7.57. The molecule has 2 aliphatic rings. The van der Waals surface area contributed by atoms with Crippen molar-refractivity contribution in [3.63, 3.8) is 0 Å². The van der Waals surface area contributed by atoms with Gasteiger partial charge in [-0.3, -0.25) is 14.5 Å². The van der Waals surface area contributed by atoms with Crippen LogP contribution < -0.4 is 0 Å². The van der Waals surface area contributed by atoms with Crippen molar-refractivity contribution in [3.05, 3.63) is 35.9 Å². The summed E-state index contributed by atoms with van der Waals surface area (Å²) in [6.07, 6.45) is 6.23. The van der Waals surface area contributed by atoms with Crippen molar-refractivity contribution >= 4 is 11.8 Å². The van der Waals surface area contributed by atoms with E-state index in [0.29, 0.717) is 38.8 Å². The van der Waals surface area contributed by atoms with Gasteiger partial charge in [-0.15, -0.1) is 0 Å². The smallest absolute Gasteiger partial charge is 0.236 e. The summed E-state index contributed by atoms with van der Waals surface area (Å²) in [4.78, 5) is 30.5. The zero-order valence-corrected chi connectivity index (χ0v) is 15.9. The molecular formula is C21H31N3O2. The molecule has 1 aliphatic carbocycles. The first-order valence-corrected chi connectivity index (χ1v) is 9.95. The molecule has 142 valence electrons. The van der Waals surface area contributed by atoms with Crippen LogP contribution in [0.2, 0.25) is 0 Å². The third kappa shape index (κ3) is 5.07. The van der Waals surface area contributed by atoms with E-state index in [2.05, 4.69) is 29.2 Å². The summed E-state index contributed by atoms with van der Waals surface area (Å²) in [5, 5.41) is 0. The summed E-state index contributed by atoms with van der Waals surface area (Å²) in [5.74, 6) is 0.305. The number of benzene rings is 1. The van der Waals surface area contributed by atoms with E-state index in [4.69, 9.17) is 0 Å². The third-order valence-electron chi connectivity index (χ3n) is 5.74. The van der Waals surface area contributed by atoms with Gasteiger partial charge in [0.25, 0.3) is 0 Å². The fourth-order valence-corrected chi connectivity index (χ4v) is 4.12. The lowest BCUT2D eigenvalue weighted by molar-refractivity contribution is -0.139. The molecule has 0 spiro atoms. The standard InChI is InChI=1S/C21H31N3O2/c1-18(25)22-12-14-23(15-13-22)21(26)17-24(20-10-6-3-7-11-20)16-19-8-4-2-5-9-19/h2,4-5,8-9,20H,3,6-7,10-17H2,1H3. The number of rotatable bonds is 5. The van der Waals surface area contributed by atoms with Gasteiger partial charge >= 0.3 is 0 Å². The number of carbonyl (C=O) groups excluding carboxylic acids is 2. The molecule has 1 aliphatic heterocycles. The highest BCUT2D eigenvalue weighted by molar-refractivity contribution is 5.79. The van der Waals surface area contributed by atoms with Gasteiger partial charge in [0, 0.05) is 45.7 Å². The van der Waals surface area contributed by atoms with Gasteiger partial charge in [-0.25, -0.2) is 0 Å². The number of nitrogens with zero attached hydrogens (tertiary/aromatic N) is 3. The molecule has 1 heterocycles. The molecule has 1 saturated heterocycles. The van der Waals surface area contributed by atoms with Gasteiger partial charge in [-0.1, -0.05) is 49.6 Å². The maximum absolute atomic E-state index is 12.9. The van der Waals surface area contributed by atoms with E-state index in [0.717, 1.165) is 6.54 Å². The van der Waals surface area contributed by atoms with Crippen LogP contribution in [0, 0.1) is 0 Å². The van der Waals surface area contributed by atoms with Crippen LogP contribution in [0.25, 0.3) is 0 Å². The molecule has 1 aromatic carbocycles. The van der Waals surface area contributed by atoms with Crippen molar-refractivity contribution in [2.45, 2.75) is 51.6 Å². The molecule has 1 aromatic rings. The minimum atomic E-state index is 0.102. The van der Waals surface area contributed by atoms with E-state index in [1.807, 2.05) is 15.9 Å². The molecule has 0 aromatic heterocycles. The molecule has 0 atom stereocenters. The van der Waals surface area contributed by atoms with Crippen LogP contribution in [0.1, 0.15) is 44.6 Å². The number of hydrogen-bond donors (Lipinski definition) is 0. The zero-order chi connectivity index (χ0) is 18.4. The summed E-state index contributed by atoms with van der Waals surface area (Å²) in [6.45, 7) is 5.54. The van der Waals surface area contributed by atoms with Crippen molar-refractivity contribution in [2.24, 2.45) is 0 Å². The minimum Gasteiger partial charge on any atom is -0.339 e. The normalized spacial score (nSPS) is 19.0. The van der Waals surface area contributed by atoms with Crippen LogP contribution in [0.5, 0.6) is 0 Å². The Balaban J connectivity index is 1.61. The van der Waals surface area contributed by atoms with Crippen molar-refractivity contribution in [1.29, 1.82) is 0 Å². The Bertz CT molecular complexity index is 591. The van der Waals surface area contributed by atoms with Crippen LogP contribution >= 0.6 is 0 Å². The third-order valence-corrected chi connectivity index (χ3v) is 5.74. The first kappa shape index (κ1) is 18.9. The molecule has 0 bridgehead atoms. The van der Waals surface area contributed by atoms with E-state index in [-0.39, 0.29) is 11.8 Å². The quantitative estimate of drug-likeness (QED) is 0.813. The lowest BCUT2D eigenvalue weighted by Gasteiger charge is -2.38. The van der Waals surface area contributed by atoms with Crippen molar-refractivity contribution in [2.75, 3.05) is 32.7 Å². The molecule has 3 rings (SSSR count). The maximum Gasteiger partial charge on any atom is 0.236 e. The minimum absolute atomic E-state index is 0.102. The predicted molar refractivity (Wildman–Crippen MR) is 103 cm³/mol. The van der Waals surface area contributed by atoms with E-state index in [1.165, 1.54) is 37.7 Å². The highest BCUT2D eigenvalue weighted by atomic mass is 16.2. The lowest BCUT2D eigenvalue weighted by Crippen LogP contribution is -2.53. The monoisotopic (exact) mass is 357 g/mol. The molecule has 0 radical (unpaired) electrons. The first-order valence-electron chi connectivity index (χ1n) is 9.95. The number of piperazine rings is 1. The SMILES string of the molecule is CC(=O)N1CCN(C(=O)CN(Cc2ccccc2)C2CCCCC2)CC1. The van der Waals surface area contributed by atoms with Gasteiger partial charge in [-0.05, 0) is 18.4 Å². The van der Waals surface area contributed by atoms with Gasteiger partial charge in [0.2, 0.25) is 11.8 Å². The van der Waals surface area contributed by atoms with Gasteiger partial charge < -0.3 is 9.80 Å². The highest BCUT2D eigenvalue weighted by Gasteiger charge is 2.27. The van der Waals surface area contributed by atoms with Crippen LogP contribution in [0.3, 0.4) is 0 Å². The summed E-state index contributed by atoms with van der Waals surface area (Å²) < 4.78 is 0.